The van der Waals surface area contributed by atoms with E-state index in [2.05, 4.69) is 82.7 Å². The van der Waals surface area contributed by atoms with Crippen LogP contribution < -0.4 is 0 Å². The van der Waals surface area contributed by atoms with Gasteiger partial charge >= 0.3 is 0 Å². The normalized spacial score (nSPS) is 18.6. The molecule has 2 rings (SSSR count). The van der Waals surface area contributed by atoms with Crippen LogP contribution in [0.3, 0.4) is 0 Å². The van der Waals surface area contributed by atoms with Crippen molar-refractivity contribution in [3.63, 3.8) is 0 Å². The second-order valence-electron chi connectivity index (χ2n) is 9.25. The number of hydrogen-bond donors (Lipinski definition) is 0. The lowest BCUT2D eigenvalue weighted by Gasteiger charge is -2.43. The summed E-state index contributed by atoms with van der Waals surface area (Å²) in [5.74, 6) is 0. The summed E-state index contributed by atoms with van der Waals surface area (Å²) in [5.41, 5.74) is 3.40. The number of rotatable bonds is 3. The molecule has 1 aromatic carbocycles. The molecule has 1 aromatic rings. The first-order valence-corrected chi connectivity index (χ1v) is 9.12. The molecule has 0 spiro atoms. The van der Waals surface area contributed by atoms with Crippen molar-refractivity contribution in [3.05, 3.63) is 35.4 Å². The summed E-state index contributed by atoms with van der Waals surface area (Å²) in [7, 11) is 2.29. The zero-order valence-electron chi connectivity index (χ0n) is 16.3. The van der Waals surface area contributed by atoms with Crippen molar-refractivity contribution < 1.29 is 0 Å². The lowest BCUT2D eigenvalue weighted by molar-refractivity contribution is 0.0632. The van der Waals surface area contributed by atoms with Gasteiger partial charge in [-0.1, -0.05) is 45.0 Å². The smallest absolute Gasteiger partial charge is 0.0233 e. The van der Waals surface area contributed by atoms with Crippen LogP contribution >= 0.6 is 0 Å². The van der Waals surface area contributed by atoms with Gasteiger partial charge in [0, 0.05) is 31.2 Å². The molecule has 2 heteroatoms. The van der Waals surface area contributed by atoms with Crippen LogP contribution in [-0.4, -0.2) is 41.5 Å². The van der Waals surface area contributed by atoms with Gasteiger partial charge in [-0.2, -0.15) is 0 Å². The van der Waals surface area contributed by atoms with Crippen LogP contribution in [0.4, 0.5) is 0 Å². The van der Waals surface area contributed by atoms with Gasteiger partial charge in [0.05, 0.1) is 0 Å². The molecule has 23 heavy (non-hydrogen) atoms. The second kappa shape index (κ2) is 6.94. The van der Waals surface area contributed by atoms with Crippen molar-refractivity contribution in [2.75, 3.05) is 20.1 Å². The molecule has 1 aliphatic heterocycles. The SMILES string of the molecule is CN(Cc1ccc(C(C)(C)C)cc1)C1CCN(C(C)(C)C)CC1. The van der Waals surface area contributed by atoms with E-state index in [9.17, 15) is 0 Å². The van der Waals surface area contributed by atoms with E-state index in [1.165, 1.54) is 37.1 Å². The van der Waals surface area contributed by atoms with Crippen molar-refractivity contribution in [3.8, 4) is 0 Å². The number of nitrogens with zero attached hydrogens (tertiary/aromatic N) is 2. The molecule has 0 bridgehead atoms. The minimum absolute atomic E-state index is 0.240. The van der Waals surface area contributed by atoms with Gasteiger partial charge < -0.3 is 0 Å². The number of piperidine rings is 1. The molecule has 1 heterocycles. The predicted octanol–water partition coefficient (Wildman–Crippen LogP) is 4.68. The number of benzene rings is 1. The Bertz CT molecular complexity index is 482. The third-order valence-electron chi connectivity index (χ3n) is 5.29. The molecule has 1 saturated heterocycles. The summed E-state index contributed by atoms with van der Waals surface area (Å²) in [4.78, 5) is 5.17. The molecule has 1 aliphatic rings. The van der Waals surface area contributed by atoms with Gasteiger partial charge in [0.1, 0.15) is 0 Å². The summed E-state index contributed by atoms with van der Waals surface area (Å²) < 4.78 is 0. The monoisotopic (exact) mass is 316 g/mol. The zero-order valence-corrected chi connectivity index (χ0v) is 16.3. The lowest BCUT2D eigenvalue weighted by atomic mass is 9.86. The van der Waals surface area contributed by atoms with Crippen LogP contribution in [0.25, 0.3) is 0 Å². The molecule has 1 fully saturated rings. The van der Waals surface area contributed by atoms with Gasteiger partial charge in [0.25, 0.3) is 0 Å². The summed E-state index contributed by atoms with van der Waals surface area (Å²) in [6.07, 6.45) is 2.57. The topological polar surface area (TPSA) is 6.48 Å². The van der Waals surface area contributed by atoms with E-state index in [0.29, 0.717) is 5.54 Å². The predicted molar refractivity (Wildman–Crippen MR) is 101 cm³/mol. The van der Waals surface area contributed by atoms with Gasteiger partial charge in [0.2, 0.25) is 0 Å². The average Bonchev–Trinajstić information content (AvgIpc) is 2.46. The highest BCUT2D eigenvalue weighted by atomic mass is 15.2. The maximum Gasteiger partial charge on any atom is 0.0233 e. The van der Waals surface area contributed by atoms with Crippen LogP contribution in [0.2, 0.25) is 0 Å². The van der Waals surface area contributed by atoms with Crippen LogP contribution in [-0.2, 0) is 12.0 Å². The Morgan fingerprint density at radius 3 is 1.91 bits per heavy atom. The first kappa shape index (κ1) is 18.5. The standard InChI is InChI=1S/C21H36N2/c1-20(2,3)18-10-8-17(9-11-18)16-22(7)19-12-14-23(15-13-19)21(4,5)6/h8-11,19H,12-16H2,1-7H3. The van der Waals surface area contributed by atoms with E-state index in [1.807, 2.05) is 0 Å². The van der Waals surface area contributed by atoms with Gasteiger partial charge in [-0.05, 0) is 57.2 Å². The molecule has 0 amide bonds. The Labute approximate surface area is 143 Å². The van der Waals surface area contributed by atoms with Crippen LogP contribution in [0, 0.1) is 0 Å². The minimum Gasteiger partial charge on any atom is -0.299 e. The Morgan fingerprint density at radius 2 is 1.48 bits per heavy atom. The molecule has 0 atom stereocenters. The van der Waals surface area contributed by atoms with E-state index < -0.39 is 0 Å². The quantitative estimate of drug-likeness (QED) is 0.799. The molecule has 0 aliphatic carbocycles. The zero-order chi connectivity index (χ0) is 17.3. The number of hydrogen-bond acceptors (Lipinski definition) is 2. The van der Waals surface area contributed by atoms with Crippen LogP contribution in [0.1, 0.15) is 65.5 Å². The molecular weight excluding hydrogens is 280 g/mol. The summed E-state index contributed by atoms with van der Waals surface area (Å²) in [6, 6.07) is 9.93. The minimum atomic E-state index is 0.240. The van der Waals surface area contributed by atoms with Gasteiger partial charge in [-0.25, -0.2) is 0 Å². The van der Waals surface area contributed by atoms with E-state index in [1.54, 1.807) is 0 Å². The van der Waals surface area contributed by atoms with E-state index >= 15 is 0 Å². The van der Waals surface area contributed by atoms with Gasteiger partial charge in [0.15, 0.2) is 0 Å². The molecule has 0 radical (unpaired) electrons. The third kappa shape index (κ3) is 5.06. The Morgan fingerprint density at radius 1 is 0.957 bits per heavy atom. The summed E-state index contributed by atoms with van der Waals surface area (Å²) in [6.45, 7) is 17.3. The molecule has 2 nitrogen and oxygen atoms in total. The molecule has 0 saturated carbocycles. The van der Waals surface area contributed by atoms with E-state index in [-0.39, 0.29) is 5.41 Å². The van der Waals surface area contributed by atoms with Gasteiger partial charge in [-0.15, -0.1) is 0 Å². The first-order chi connectivity index (χ1) is 10.6. The maximum atomic E-state index is 2.62. The molecule has 0 unspecified atom stereocenters. The van der Waals surface area contributed by atoms with Crippen molar-refractivity contribution >= 4 is 0 Å². The van der Waals surface area contributed by atoms with Crippen LogP contribution in [0.15, 0.2) is 24.3 Å². The molecular formula is C21H36N2. The highest BCUT2D eigenvalue weighted by molar-refractivity contribution is 5.27. The average molecular weight is 317 g/mol. The molecule has 130 valence electrons. The fourth-order valence-electron chi connectivity index (χ4n) is 3.50. The molecule has 0 N–H and O–H groups in total. The lowest BCUT2D eigenvalue weighted by Crippen LogP contribution is -2.50. The largest absolute Gasteiger partial charge is 0.299 e. The highest BCUT2D eigenvalue weighted by Gasteiger charge is 2.28. The van der Waals surface area contributed by atoms with Crippen molar-refractivity contribution in [2.24, 2.45) is 0 Å². The van der Waals surface area contributed by atoms with Crippen molar-refractivity contribution in [1.82, 2.24) is 9.80 Å². The summed E-state index contributed by atoms with van der Waals surface area (Å²) >= 11 is 0. The van der Waals surface area contributed by atoms with Crippen molar-refractivity contribution in [2.45, 2.75) is 77.9 Å². The molecule has 0 aromatic heterocycles. The van der Waals surface area contributed by atoms with Crippen LogP contribution in [0.5, 0.6) is 0 Å². The second-order valence-corrected chi connectivity index (χ2v) is 9.25. The highest BCUT2D eigenvalue weighted by Crippen LogP contribution is 2.25. The Kier molecular flexibility index (Phi) is 5.58. The van der Waals surface area contributed by atoms with Crippen molar-refractivity contribution in [1.29, 1.82) is 0 Å². The van der Waals surface area contributed by atoms with Gasteiger partial charge in [-0.3, -0.25) is 9.80 Å². The maximum absolute atomic E-state index is 2.62. The van der Waals surface area contributed by atoms with E-state index in [4.69, 9.17) is 0 Å². The summed E-state index contributed by atoms with van der Waals surface area (Å²) in [5, 5.41) is 0. The van der Waals surface area contributed by atoms with E-state index in [0.717, 1.165) is 12.6 Å². The third-order valence-corrected chi connectivity index (χ3v) is 5.29. The first-order valence-electron chi connectivity index (χ1n) is 9.12. The Hall–Kier alpha value is -0.860. The fourth-order valence-corrected chi connectivity index (χ4v) is 3.50. The Balaban J connectivity index is 1.89. The fraction of sp³-hybridized carbons (Fsp3) is 0.714. The number of likely N-dealkylation sites (tertiary alicyclic amines) is 1.